The third-order valence-corrected chi connectivity index (χ3v) is 2.86. The number of carbonyl (C=O) groups excluding carboxylic acids is 2. The molecular weight excluding hydrogens is 260 g/mol. The van der Waals surface area contributed by atoms with Crippen molar-refractivity contribution in [2.45, 2.75) is 6.92 Å². The van der Waals surface area contributed by atoms with Crippen LogP contribution in [0.15, 0.2) is 12.4 Å². The third-order valence-electron chi connectivity index (χ3n) is 2.86. The van der Waals surface area contributed by atoms with E-state index in [-0.39, 0.29) is 11.9 Å². The molecule has 0 saturated carbocycles. The fourth-order valence-corrected chi connectivity index (χ4v) is 1.83. The molecule has 2 rings (SSSR count). The number of carbonyl (C=O) groups is 2. The molecule has 1 saturated heterocycles. The molecule has 108 valence electrons. The molecule has 1 fully saturated rings. The summed E-state index contributed by atoms with van der Waals surface area (Å²) in [5.41, 5.74) is 0.400. The first-order chi connectivity index (χ1) is 9.70. The van der Waals surface area contributed by atoms with Crippen LogP contribution in [-0.4, -0.2) is 59.5 Å². The number of urea groups is 1. The average Bonchev–Trinajstić information content (AvgIpc) is 2.85. The maximum Gasteiger partial charge on any atom is 0.317 e. The maximum atomic E-state index is 11.8. The van der Waals surface area contributed by atoms with Crippen LogP contribution in [0.4, 0.5) is 10.7 Å². The maximum absolute atomic E-state index is 11.8. The number of amides is 3. The highest BCUT2D eigenvalue weighted by molar-refractivity contribution is 5.93. The van der Waals surface area contributed by atoms with Crippen molar-refractivity contribution in [2.24, 2.45) is 0 Å². The first kappa shape index (κ1) is 14.0. The third kappa shape index (κ3) is 3.56. The number of hydrogen-bond acceptors (Lipinski definition) is 5. The Bertz CT molecular complexity index is 475. The largest absolute Gasteiger partial charge is 0.355 e. The number of rotatable bonds is 6. The normalized spacial score (nSPS) is 14.1. The van der Waals surface area contributed by atoms with E-state index >= 15 is 0 Å². The summed E-state index contributed by atoms with van der Waals surface area (Å²) in [7, 11) is 0. The van der Waals surface area contributed by atoms with Gasteiger partial charge >= 0.3 is 6.03 Å². The van der Waals surface area contributed by atoms with E-state index in [0.29, 0.717) is 37.7 Å². The Kier molecular flexibility index (Phi) is 4.70. The van der Waals surface area contributed by atoms with E-state index in [9.17, 15) is 9.59 Å². The first-order valence-corrected chi connectivity index (χ1v) is 6.57. The van der Waals surface area contributed by atoms with Crippen LogP contribution in [0.5, 0.6) is 0 Å². The molecule has 20 heavy (non-hydrogen) atoms. The molecule has 0 aliphatic carbocycles. The second-order valence-corrected chi connectivity index (χ2v) is 4.30. The van der Waals surface area contributed by atoms with Gasteiger partial charge in [-0.15, -0.1) is 0 Å². The minimum atomic E-state index is -0.243. The van der Waals surface area contributed by atoms with E-state index in [4.69, 9.17) is 0 Å². The van der Waals surface area contributed by atoms with E-state index in [0.717, 1.165) is 6.54 Å². The second kappa shape index (κ2) is 6.69. The highest BCUT2D eigenvalue weighted by Crippen LogP contribution is 2.00. The van der Waals surface area contributed by atoms with Crippen LogP contribution in [0.1, 0.15) is 17.3 Å². The molecule has 0 bridgehead atoms. The van der Waals surface area contributed by atoms with Gasteiger partial charge < -0.3 is 20.9 Å². The van der Waals surface area contributed by atoms with Crippen molar-refractivity contribution < 1.29 is 9.59 Å². The quantitative estimate of drug-likeness (QED) is 0.661. The van der Waals surface area contributed by atoms with Crippen LogP contribution in [-0.2, 0) is 0 Å². The zero-order valence-electron chi connectivity index (χ0n) is 11.3. The molecule has 8 heteroatoms. The molecule has 0 unspecified atom stereocenters. The zero-order chi connectivity index (χ0) is 14.4. The number of anilines is 1. The summed E-state index contributed by atoms with van der Waals surface area (Å²) in [6, 6.07) is -0.0856. The zero-order valence-corrected chi connectivity index (χ0v) is 11.3. The van der Waals surface area contributed by atoms with Gasteiger partial charge in [0.25, 0.3) is 5.91 Å². The fraction of sp³-hybridized carbons (Fsp3) is 0.500. The summed E-state index contributed by atoms with van der Waals surface area (Å²) in [6.07, 6.45) is 2.95. The van der Waals surface area contributed by atoms with Gasteiger partial charge in [-0.05, 0) is 6.92 Å². The van der Waals surface area contributed by atoms with E-state index in [1.54, 1.807) is 4.90 Å². The Morgan fingerprint density at radius 3 is 2.80 bits per heavy atom. The lowest BCUT2D eigenvalue weighted by molar-refractivity contribution is 0.0949. The highest BCUT2D eigenvalue weighted by atomic mass is 16.2. The van der Waals surface area contributed by atoms with Crippen LogP contribution in [0.2, 0.25) is 0 Å². The molecule has 1 aromatic heterocycles. The van der Waals surface area contributed by atoms with Crippen molar-refractivity contribution in [1.29, 1.82) is 0 Å². The Balaban J connectivity index is 1.78. The second-order valence-electron chi connectivity index (χ2n) is 4.30. The molecule has 0 aromatic carbocycles. The van der Waals surface area contributed by atoms with E-state index in [2.05, 4.69) is 25.9 Å². The molecule has 0 radical (unpaired) electrons. The number of nitrogens with zero attached hydrogens (tertiary/aromatic N) is 3. The Morgan fingerprint density at radius 1 is 1.45 bits per heavy atom. The summed E-state index contributed by atoms with van der Waals surface area (Å²) in [5, 5.41) is 8.40. The molecular formula is C12H18N6O2. The van der Waals surface area contributed by atoms with Crippen molar-refractivity contribution in [3.8, 4) is 0 Å². The molecule has 1 aliphatic heterocycles. The first-order valence-electron chi connectivity index (χ1n) is 6.57. The van der Waals surface area contributed by atoms with Gasteiger partial charge in [0.05, 0.1) is 5.56 Å². The Labute approximate surface area is 117 Å². The molecule has 0 spiro atoms. The summed E-state index contributed by atoms with van der Waals surface area (Å²) in [5.74, 6) is 0.255. The monoisotopic (exact) mass is 278 g/mol. The smallest absolute Gasteiger partial charge is 0.317 e. The molecule has 0 atom stereocenters. The number of nitrogens with one attached hydrogen (secondary N) is 3. The lowest BCUT2D eigenvalue weighted by Gasteiger charge is -2.14. The molecule has 3 amide bonds. The van der Waals surface area contributed by atoms with Gasteiger partial charge in [-0.25, -0.2) is 14.8 Å². The summed E-state index contributed by atoms with van der Waals surface area (Å²) < 4.78 is 0. The van der Waals surface area contributed by atoms with Gasteiger partial charge in [0.2, 0.25) is 5.95 Å². The number of hydrogen-bond donors (Lipinski definition) is 3. The van der Waals surface area contributed by atoms with Crippen LogP contribution < -0.4 is 16.0 Å². The van der Waals surface area contributed by atoms with Crippen molar-refractivity contribution in [3.05, 3.63) is 18.0 Å². The molecule has 2 heterocycles. The lowest BCUT2D eigenvalue weighted by Crippen LogP contribution is -2.36. The van der Waals surface area contributed by atoms with Crippen LogP contribution in [0.3, 0.4) is 0 Å². The minimum Gasteiger partial charge on any atom is -0.355 e. The van der Waals surface area contributed by atoms with Crippen molar-refractivity contribution >= 4 is 17.9 Å². The van der Waals surface area contributed by atoms with Gasteiger partial charge in [-0.3, -0.25) is 4.79 Å². The summed E-state index contributed by atoms with van der Waals surface area (Å²) in [6.45, 7) is 4.90. The highest BCUT2D eigenvalue weighted by Gasteiger charge is 2.18. The number of aromatic nitrogens is 2. The van der Waals surface area contributed by atoms with Gasteiger partial charge in [0.15, 0.2) is 0 Å². The minimum absolute atomic E-state index is 0.0856. The van der Waals surface area contributed by atoms with E-state index in [1.807, 2.05) is 6.92 Å². The summed E-state index contributed by atoms with van der Waals surface area (Å²) in [4.78, 5) is 32.8. The van der Waals surface area contributed by atoms with E-state index < -0.39 is 0 Å². The van der Waals surface area contributed by atoms with Crippen LogP contribution in [0, 0.1) is 0 Å². The van der Waals surface area contributed by atoms with Crippen molar-refractivity contribution in [2.75, 3.05) is 38.0 Å². The standard InChI is InChI=1S/C12H18N6O2/c1-2-13-11-16-7-9(8-17-11)10(19)14-3-5-18-6-4-15-12(18)20/h7-8H,2-6H2,1H3,(H,14,19)(H,15,20)(H,13,16,17). The topological polar surface area (TPSA) is 99.3 Å². The SMILES string of the molecule is CCNc1ncc(C(=O)NCCN2CCNC2=O)cn1. The average molecular weight is 278 g/mol. The summed E-state index contributed by atoms with van der Waals surface area (Å²) >= 11 is 0. The van der Waals surface area contributed by atoms with Gasteiger partial charge in [-0.2, -0.15) is 0 Å². The predicted molar refractivity (Wildman–Crippen MR) is 73.5 cm³/mol. The lowest BCUT2D eigenvalue weighted by atomic mass is 10.3. The van der Waals surface area contributed by atoms with Gasteiger partial charge in [0.1, 0.15) is 0 Å². The fourth-order valence-electron chi connectivity index (χ4n) is 1.83. The van der Waals surface area contributed by atoms with Crippen LogP contribution >= 0.6 is 0 Å². The van der Waals surface area contributed by atoms with Gasteiger partial charge in [0, 0.05) is 45.1 Å². The van der Waals surface area contributed by atoms with E-state index in [1.165, 1.54) is 12.4 Å². The van der Waals surface area contributed by atoms with Gasteiger partial charge in [-0.1, -0.05) is 0 Å². The molecule has 1 aromatic rings. The Morgan fingerprint density at radius 2 is 2.20 bits per heavy atom. The van der Waals surface area contributed by atoms with Crippen molar-refractivity contribution in [3.63, 3.8) is 0 Å². The molecule has 1 aliphatic rings. The van der Waals surface area contributed by atoms with Crippen LogP contribution in [0.25, 0.3) is 0 Å². The molecule has 8 nitrogen and oxygen atoms in total. The van der Waals surface area contributed by atoms with Crippen molar-refractivity contribution in [1.82, 2.24) is 25.5 Å². The predicted octanol–water partition coefficient (Wildman–Crippen LogP) is -0.337. The molecule has 3 N–H and O–H groups in total. The Hall–Kier alpha value is -2.38.